The van der Waals surface area contributed by atoms with Gasteiger partial charge < -0.3 is 14.8 Å². The lowest BCUT2D eigenvalue weighted by atomic mass is 10.2. The van der Waals surface area contributed by atoms with Gasteiger partial charge in [0.15, 0.2) is 17.1 Å². The topological polar surface area (TPSA) is 71.2 Å². The number of nitrogens with zero attached hydrogens (tertiary/aromatic N) is 3. The molecule has 0 saturated heterocycles. The molecule has 0 atom stereocenters. The molecule has 0 fully saturated rings. The minimum Gasteiger partial charge on any atom is -0.504 e. The van der Waals surface area contributed by atoms with Crippen LogP contribution in [-0.4, -0.2) is 24.7 Å². The number of aromatic hydroxyl groups is 2. The van der Waals surface area contributed by atoms with Gasteiger partial charge >= 0.3 is 0 Å². The lowest BCUT2D eigenvalue weighted by Gasteiger charge is -2.05. The number of hydrogen-bond acceptors (Lipinski definition) is 4. The molecule has 0 radical (unpaired) electrons. The summed E-state index contributed by atoms with van der Waals surface area (Å²) in [6.45, 7) is 0. The van der Waals surface area contributed by atoms with Crippen LogP contribution in [0.1, 0.15) is 0 Å². The van der Waals surface area contributed by atoms with E-state index in [0.717, 1.165) is 5.52 Å². The summed E-state index contributed by atoms with van der Waals surface area (Å²) in [4.78, 5) is 8.53. The van der Waals surface area contributed by atoms with Gasteiger partial charge in [-0.25, -0.2) is 9.97 Å². The van der Waals surface area contributed by atoms with E-state index in [2.05, 4.69) is 9.97 Å². The van der Waals surface area contributed by atoms with E-state index < -0.39 is 0 Å². The fourth-order valence-corrected chi connectivity index (χ4v) is 1.98. The number of phenols is 2. The summed E-state index contributed by atoms with van der Waals surface area (Å²) in [5.41, 5.74) is 1.96. The zero-order valence-corrected chi connectivity index (χ0v) is 9.70. The lowest BCUT2D eigenvalue weighted by Crippen LogP contribution is -1.92. The van der Waals surface area contributed by atoms with Crippen molar-refractivity contribution in [1.82, 2.24) is 14.5 Å². The predicted octanol–water partition coefficient (Wildman–Crippen LogP) is 2.05. The van der Waals surface area contributed by atoms with Crippen LogP contribution >= 0.6 is 0 Å². The van der Waals surface area contributed by atoms with Gasteiger partial charge in [0, 0.05) is 13.2 Å². The third-order valence-electron chi connectivity index (χ3n) is 2.91. The Kier molecular flexibility index (Phi) is 2.19. The highest BCUT2D eigenvalue weighted by Gasteiger charge is 2.15. The summed E-state index contributed by atoms with van der Waals surface area (Å²) >= 11 is 0. The van der Waals surface area contributed by atoms with Gasteiger partial charge in [-0.2, -0.15) is 0 Å². The average Bonchev–Trinajstić information content (AvgIpc) is 2.71. The van der Waals surface area contributed by atoms with Crippen molar-refractivity contribution < 1.29 is 10.2 Å². The number of imidazole rings is 1. The molecule has 0 aliphatic heterocycles. The largest absolute Gasteiger partial charge is 0.504 e. The lowest BCUT2D eigenvalue weighted by molar-refractivity contribution is 0.405. The van der Waals surface area contributed by atoms with Crippen molar-refractivity contribution in [2.75, 3.05) is 0 Å². The van der Waals surface area contributed by atoms with E-state index >= 15 is 0 Å². The van der Waals surface area contributed by atoms with Gasteiger partial charge in [0.25, 0.3) is 0 Å². The normalized spacial score (nSPS) is 10.9. The Balaban J connectivity index is 2.32. The molecule has 2 heterocycles. The maximum absolute atomic E-state index is 9.88. The molecule has 90 valence electrons. The molecule has 3 aromatic rings. The highest BCUT2D eigenvalue weighted by Crippen LogP contribution is 2.36. The van der Waals surface area contributed by atoms with E-state index in [4.69, 9.17) is 0 Å². The second-order valence-corrected chi connectivity index (χ2v) is 4.01. The van der Waals surface area contributed by atoms with E-state index in [1.54, 1.807) is 18.3 Å². The van der Waals surface area contributed by atoms with Crippen LogP contribution in [0.4, 0.5) is 0 Å². The van der Waals surface area contributed by atoms with E-state index in [9.17, 15) is 10.2 Å². The number of phenolic OH excluding ortho intramolecular Hbond substituents is 2. The summed E-state index contributed by atoms with van der Waals surface area (Å²) in [5, 5.41) is 19.4. The number of hydrogen-bond donors (Lipinski definition) is 2. The molecular weight excluding hydrogens is 230 g/mol. The fraction of sp³-hybridized carbons (Fsp3) is 0.0769. The van der Waals surface area contributed by atoms with Crippen molar-refractivity contribution in [1.29, 1.82) is 0 Å². The van der Waals surface area contributed by atoms with Crippen LogP contribution in [0.25, 0.3) is 22.6 Å². The molecule has 2 N–H and O–H groups in total. The number of benzene rings is 1. The summed E-state index contributed by atoms with van der Waals surface area (Å²) in [7, 11) is 1.84. The second kappa shape index (κ2) is 3.73. The van der Waals surface area contributed by atoms with E-state index in [-0.39, 0.29) is 11.5 Å². The summed E-state index contributed by atoms with van der Waals surface area (Å²) in [6.07, 6.45) is 1.67. The standard InChI is InChI=1S/C13H11N3O2/c1-16-9-5-3-7-14-12(9)15-13(16)8-4-2-6-10(17)11(8)18/h2-7,17-18H,1H3. The Bertz CT molecular complexity index is 734. The smallest absolute Gasteiger partial charge is 0.178 e. The first-order valence-electron chi connectivity index (χ1n) is 5.47. The highest BCUT2D eigenvalue weighted by molar-refractivity contribution is 5.79. The molecule has 3 rings (SSSR count). The molecule has 0 bridgehead atoms. The van der Waals surface area contributed by atoms with Crippen LogP contribution in [0.3, 0.4) is 0 Å². The number of rotatable bonds is 1. The van der Waals surface area contributed by atoms with Crippen molar-refractivity contribution in [3.05, 3.63) is 36.5 Å². The first kappa shape index (κ1) is 10.6. The first-order valence-corrected chi connectivity index (χ1v) is 5.47. The van der Waals surface area contributed by atoms with Gasteiger partial charge in [-0.1, -0.05) is 6.07 Å². The van der Waals surface area contributed by atoms with Crippen molar-refractivity contribution in [3.8, 4) is 22.9 Å². The molecule has 1 aromatic carbocycles. The zero-order chi connectivity index (χ0) is 12.7. The number of pyridine rings is 1. The van der Waals surface area contributed by atoms with Gasteiger partial charge in [0.2, 0.25) is 0 Å². The zero-order valence-electron chi connectivity index (χ0n) is 9.70. The average molecular weight is 241 g/mol. The maximum Gasteiger partial charge on any atom is 0.178 e. The number of para-hydroxylation sites is 1. The maximum atomic E-state index is 9.88. The minimum atomic E-state index is -0.170. The molecule has 0 aliphatic carbocycles. The molecule has 18 heavy (non-hydrogen) atoms. The summed E-state index contributed by atoms with van der Waals surface area (Å²) in [6, 6.07) is 8.53. The first-order chi connectivity index (χ1) is 8.68. The van der Waals surface area contributed by atoms with Crippen LogP contribution in [0, 0.1) is 0 Å². The molecule has 0 aliphatic rings. The molecule has 0 spiro atoms. The minimum absolute atomic E-state index is 0.160. The highest BCUT2D eigenvalue weighted by atomic mass is 16.3. The van der Waals surface area contributed by atoms with E-state index in [0.29, 0.717) is 17.0 Å². The molecule has 5 nitrogen and oxygen atoms in total. The SMILES string of the molecule is Cn1c(-c2cccc(O)c2O)nc2ncccc21. The Labute approximate surface area is 103 Å². The van der Waals surface area contributed by atoms with Crippen molar-refractivity contribution >= 4 is 11.2 Å². The molecular formula is C13H11N3O2. The molecule has 0 saturated carbocycles. The van der Waals surface area contributed by atoms with Gasteiger partial charge in [0.1, 0.15) is 5.82 Å². The Morgan fingerprint density at radius 1 is 1.11 bits per heavy atom. The van der Waals surface area contributed by atoms with Gasteiger partial charge in [-0.3, -0.25) is 0 Å². The fourth-order valence-electron chi connectivity index (χ4n) is 1.98. The molecule has 0 amide bonds. The van der Waals surface area contributed by atoms with E-state index in [1.165, 1.54) is 6.07 Å². The Morgan fingerprint density at radius 2 is 1.94 bits per heavy atom. The quantitative estimate of drug-likeness (QED) is 0.639. The van der Waals surface area contributed by atoms with Crippen LogP contribution in [0.5, 0.6) is 11.5 Å². The number of aromatic nitrogens is 3. The van der Waals surface area contributed by atoms with Crippen molar-refractivity contribution in [2.45, 2.75) is 0 Å². The van der Waals surface area contributed by atoms with Crippen LogP contribution in [0.15, 0.2) is 36.5 Å². The van der Waals surface area contributed by atoms with Crippen molar-refractivity contribution in [2.24, 2.45) is 7.05 Å². The third-order valence-corrected chi connectivity index (χ3v) is 2.91. The Hall–Kier alpha value is -2.56. The number of aryl methyl sites for hydroxylation is 1. The predicted molar refractivity (Wildman–Crippen MR) is 67.3 cm³/mol. The van der Waals surface area contributed by atoms with Crippen molar-refractivity contribution in [3.63, 3.8) is 0 Å². The van der Waals surface area contributed by atoms with Gasteiger partial charge in [-0.15, -0.1) is 0 Å². The Morgan fingerprint density at radius 3 is 2.72 bits per heavy atom. The van der Waals surface area contributed by atoms with E-state index in [1.807, 2.05) is 23.7 Å². The molecule has 2 aromatic heterocycles. The van der Waals surface area contributed by atoms with Crippen LogP contribution in [-0.2, 0) is 7.05 Å². The van der Waals surface area contributed by atoms with Crippen LogP contribution in [0.2, 0.25) is 0 Å². The molecule has 5 heteroatoms. The van der Waals surface area contributed by atoms with Gasteiger partial charge in [0.05, 0.1) is 11.1 Å². The number of fused-ring (bicyclic) bond motifs is 1. The third kappa shape index (κ3) is 1.41. The monoisotopic (exact) mass is 241 g/mol. The second-order valence-electron chi connectivity index (χ2n) is 4.01. The van der Waals surface area contributed by atoms with Gasteiger partial charge in [-0.05, 0) is 24.3 Å². The summed E-state index contributed by atoms with van der Waals surface area (Å²) in [5.74, 6) is 0.237. The summed E-state index contributed by atoms with van der Waals surface area (Å²) < 4.78 is 1.83. The molecule has 0 unspecified atom stereocenters. The van der Waals surface area contributed by atoms with Crippen LogP contribution < -0.4 is 0 Å².